The molecule has 2 heterocycles. The van der Waals surface area contributed by atoms with Gasteiger partial charge in [0.25, 0.3) is 0 Å². The summed E-state index contributed by atoms with van der Waals surface area (Å²) in [5.41, 5.74) is -0.276. The number of rotatable bonds is 4. The van der Waals surface area contributed by atoms with Crippen molar-refractivity contribution in [1.82, 2.24) is 9.97 Å². The van der Waals surface area contributed by atoms with Crippen molar-refractivity contribution in [2.45, 2.75) is 18.6 Å². The molecule has 0 aliphatic carbocycles. The van der Waals surface area contributed by atoms with E-state index in [-0.39, 0.29) is 17.5 Å². The average Bonchev–Trinajstić information content (AvgIpc) is 2.94. The summed E-state index contributed by atoms with van der Waals surface area (Å²) in [5, 5.41) is 2.92. The van der Waals surface area contributed by atoms with Crippen LogP contribution in [0, 0.1) is 0 Å². The van der Waals surface area contributed by atoms with Gasteiger partial charge in [-0.2, -0.15) is 18.2 Å². The lowest BCUT2D eigenvalue weighted by Crippen LogP contribution is -2.33. The molecule has 0 bridgehead atoms. The van der Waals surface area contributed by atoms with Gasteiger partial charge >= 0.3 is 6.18 Å². The van der Waals surface area contributed by atoms with E-state index in [0.29, 0.717) is 23.9 Å². The van der Waals surface area contributed by atoms with Crippen LogP contribution in [0.3, 0.4) is 0 Å². The fourth-order valence-electron chi connectivity index (χ4n) is 2.72. The molecule has 3 rings (SSSR count). The van der Waals surface area contributed by atoms with Crippen molar-refractivity contribution in [2.75, 3.05) is 28.8 Å². The van der Waals surface area contributed by atoms with E-state index in [2.05, 4.69) is 15.3 Å². The predicted octanol–water partition coefficient (Wildman–Crippen LogP) is 2.86. The summed E-state index contributed by atoms with van der Waals surface area (Å²) >= 11 is 0. The first-order chi connectivity index (χ1) is 12.1. The van der Waals surface area contributed by atoms with E-state index in [1.54, 1.807) is 18.0 Å². The quantitative estimate of drug-likeness (QED) is 0.871. The van der Waals surface area contributed by atoms with Gasteiger partial charge in [-0.15, -0.1) is 0 Å². The Morgan fingerprint density at radius 3 is 2.46 bits per heavy atom. The van der Waals surface area contributed by atoms with Gasteiger partial charge in [0.1, 0.15) is 5.82 Å². The molecule has 6 nitrogen and oxygen atoms in total. The minimum Gasteiger partial charge on any atom is -0.340 e. The number of benzene rings is 1. The van der Waals surface area contributed by atoms with Crippen molar-refractivity contribution in [3.63, 3.8) is 0 Å². The molecule has 0 radical (unpaired) electrons. The van der Waals surface area contributed by atoms with Crippen molar-refractivity contribution in [1.29, 1.82) is 0 Å². The zero-order valence-electron chi connectivity index (χ0n) is 13.9. The van der Waals surface area contributed by atoms with E-state index in [1.165, 1.54) is 18.3 Å². The van der Waals surface area contributed by atoms with Gasteiger partial charge in [-0.05, 0) is 36.8 Å². The second-order valence-electron chi connectivity index (χ2n) is 6.11. The van der Waals surface area contributed by atoms with Gasteiger partial charge in [0, 0.05) is 25.0 Å². The summed E-state index contributed by atoms with van der Waals surface area (Å²) in [6.45, 7) is 0. The summed E-state index contributed by atoms with van der Waals surface area (Å²) in [4.78, 5) is 10.2. The molecule has 10 heteroatoms. The third kappa shape index (κ3) is 4.24. The zero-order valence-corrected chi connectivity index (χ0v) is 14.7. The Labute approximate surface area is 149 Å². The van der Waals surface area contributed by atoms with Gasteiger partial charge in [-0.1, -0.05) is 0 Å². The van der Waals surface area contributed by atoms with E-state index in [0.717, 1.165) is 12.1 Å². The number of halogens is 3. The molecule has 1 atom stereocenters. The van der Waals surface area contributed by atoms with Crippen molar-refractivity contribution in [3.05, 3.63) is 42.1 Å². The van der Waals surface area contributed by atoms with E-state index in [4.69, 9.17) is 0 Å². The fourth-order valence-corrected chi connectivity index (χ4v) is 4.50. The second kappa shape index (κ2) is 6.75. The fraction of sp³-hybridized carbons (Fsp3) is 0.375. The molecular weight excluding hydrogens is 369 g/mol. The van der Waals surface area contributed by atoms with Crippen LogP contribution >= 0.6 is 0 Å². The van der Waals surface area contributed by atoms with Crippen LogP contribution in [0.25, 0.3) is 0 Å². The van der Waals surface area contributed by atoms with Crippen LogP contribution in [0.4, 0.5) is 30.6 Å². The number of hydrogen-bond acceptors (Lipinski definition) is 6. The molecule has 1 unspecified atom stereocenters. The maximum atomic E-state index is 12.6. The second-order valence-corrected chi connectivity index (χ2v) is 8.34. The van der Waals surface area contributed by atoms with Crippen LogP contribution in [0.2, 0.25) is 0 Å². The molecule has 0 saturated carbocycles. The molecule has 1 aromatic carbocycles. The highest BCUT2D eigenvalue weighted by molar-refractivity contribution is 7.91. The lowest BCUT2D eigenvalue weighted by Gasteiger charge is -2.23. The first-order valence-corrected chi connectivity index (χ1v) is 9.67. The topological polar surface area (TPSA) is 75.2 Å². The first kappa shape index (κ1) is 18.4. The number of alkyl halides is 3. The molecule has 140 valence electrons. The van der Waals surface area contributed by atoms with Crippen LogP contribution in [0.15, 0.2) is 36.5 Å². The monoisotopic (exact) mass is 386 g/mol. The SMILES string of the molecule is CN(c1nccc(Nc2ccc(C(F)(F)F)cc2)n1)C1CCS(=O)(=O)C1. The standard InChI is InChI=1S/C16H17F3N4O2S/c1-23(13-7-9-26(24,25)10-13)15-20-8-6-14(22-15)21-12-4-2-11(3-5-12)16(17,18)19/h2-6,8,13H,7,9-10H2,1H3,(H,20,21,22). The Balaban J connectivity index is 1.73. The third-order valence-corrected chi connectivity index (χ3v) is 5.95. The summed E-state index contributed by atoms with van der Waals surface area (Å²) < 4.78 is 61.1. The number of nitrogens with one attached hydrogen (secondary N) is 1. The summed E-state index contributed by atoms with van der Waals surface area (Å²) in [7, 11) is -1.30. The normalized spacial score (nSPS) is 19.3. The Bertz CT molecular complexity index is 885. The molecule has 0 amide bonds. The minimum absolute atomic E-state index is 0.0589. The Morgan fingerprint density at radius 2 is 1.88 bits per heavy atom. The molecule has 26 heavy (non-hydrogen) atoms. The summed E-state index contributed by atoms with van der Waals surface area (Å²) in [6, 6.07) is 6.00. The largest absolute Gasteiger partial charge is 0.416 e. The Kier molecular flexibility index (Phi) is 4.78. The van der Waals surface area contributed by atoms with E-state index in [9.17, 15) is 21.6 Å². The molecule has 1 fully saturated rings. The number of aromatic nitrogens is 2. The van der Waals surface area contributed by atoms with E-state index < -0.39 is 21.6 Å². The summed E-state index contributed by atoms with van der Waals surface area (Å²) in [6.07, 6.45) is -2.36. The minimum atomic E-state index is -4.38. The zero-order chi connectivity index (χ0) is 18.9. The lowest BCUT2D eigenvalue weighted by molar-refractivity contribution is -0.137. The molecule has 1 aromatic heterocycles. The van der Waals surface area contributed by atoms with Gasteiger partial charge in [0.15, 0.2) is 9.84 Å². The summed E-state index contributed by atoms with van der Waals surface area (Å²) in [5.74, 6) is 0.959. The van der Waals surface area contributed by atoms with E-state index >= 15 is 0 Å². The average molecular weight is 386 g/mol. The number of sulfone groups is 1. The Morgan fingerprint density at radius 1 is 1.19 bits per heavy atom. The highest BCUT2D eigenvalue weighted by Crippen LogP contribution is 2.30. The molecule has 0 spiro atoms. The molecular formula is C16H17F3N4O2S. The third-order valence-electron chi connectivity index (χ3n) is 4.20. The smallest absolute Gasteiger partial charge is 0.340 e. The van der Waals surface area contributed by atoms with Crippen molar-refractivity contribution in [3.8, 4) is 0 Å². The molecule has 1 aliphatic heterocycles. The van der Waals surface area contributed by atoms with Gasteiger partial charge < -0.3 is 10.2 Å². The highest BCUT2D eigenvalue weighted by Gasteiger charge is 2.32. The van der Waals surface area contributed by atoms with Crippen LogP contribution in [0.1, 0.15) is 12.0 Å². The van der Waals surface area contributed by atoms with Crippen LogP contribution < -0.4 is 10.2 Å². The maximum absolute atomic E-state index is 12.6. The van der Waals surface area contributed by atoms with Gasteiger partial charge in [-0.25, -0.2) is 13.4 Å². The van der Waals surface area contributed by atoms with Crippen molar-refractivity contribution < 1.29 is 21.6 Å². The van der Waals surface area contributed by atoms with Crippen LogP contribution in [0.5, 0.6) is 0 Å². The molecule has 2 aromatic rings. The van der Waals surface area contributed by atoms with Crippen LogP contribution in [-0.2, 0) is 16.0 Å². The van der Waals surface area contributed by atoms with E-state index in [1.807, 2.05) is 0 Å². The Hall–Kier alpha value is -2.36. The number of nitrogens with zero attached hydrogens (tertiary/aromatic N) is 3. The lowest BCUT2D eigenvalue weighted by atomic mass is 10.2. The van der Waals surface area contributed by atoms with Gasteiger partial charge in [0.2, 0.25) is 5.95 Å². The number of hydrogen-bond donors (Lipinski definition) is 1. The maximum Gasteiger partial charge on any atom is 0.416 e. The highest BCUT2D eigenvalue weighted by atomic mass is 32.2. The predicted molar refractivity (Wildman–Crippen MR) is 92.2 cm³/mol. The molecule has 1 aliphatic rings. The van der Waals surface area contributed by atoms with Gasteiger partial charge in [-0.3, -0.25) is 0 Å². The van der Waals surface area contributed by atoms with Crippen LogP contribution in [-0.4, -0.2) is 43.0 Å². The number of anilines is 3. The van der Waals surface area contributed by atoms with Crippen molar-refractivity contribution >= 4 is 27.3 Å². The van der Waals surface area contributed by atoms with Crippen molar-refractivity contribution in [2.24, 2.45) is 0 Å². The molecule has 1 saturated heterocycles. The first-order valence-electron chi connectivity index (χ1n) is 7.85. The molecule has 1 N–H and O–H groups in total. The van der Waals surface area contributed by atoms with Gasteiger partial charge in [0.05, 0.1) is 17.1 Å².